The molecule has 0 aromatic carbocycles. The normalized spacial score (nSPS) is 14.5. The molecule has 0 atom stereocenters. The van der Waals surface area contributed by atoms with E-state index in [9.17, 15) is 0 Å². The Labute approximate surface area is 99.3 Å². The molecule has 0 aliphatic carbocycles. The maximum absolute atomic E-state index is 4.18. The monoisotopic (exact) mass is 215 g/mol. The van der Waals surface area contributed by atoms with Crippen molar-refractivity contribution in [2.24, 2.45) is 4.99 Å². The molecule has 0 saturated carbocycles. The predicted molar refractivity (Wildman–Crippen MR) is 74.8 cm³/mol. The Morgan fingerprint density at radius 1 is 1.06 bits per heavy atom. The number of aliphatic imine (C=N–C) groups is 1. The summed E-state index contributed by atoms with van der Waals surface area (Å²) >= 11 is 0. The Balaban J connectivity index is 4.35. The SMILES string of the molecule is C=C(C)\C=C/C=C/C=C(C)\C=C(\C)N=CC. The first kappa shape index (κ1) is 14.4. The number of allylic oxidation sites excluding steroid dienone is 9. The van der Waals surface area contributed by atoms with Gasteiger partial charge >= 0.3 is 0 Å². The van der Waals surface area contributed by atoms with E-state index in [1.165, 1.54) is 5.57 Å². The quantitative estimate of drug-likeness (QED) is 0.469. The van der Waals surface area contributed by atoms with Crippen molar-refractivity contribution in [3.8, 4) is 0 Å². The molecule has 0 spiro atoms. The van der Waals surface area contributed by atoms with E-state index in [2.05, 4.69) is 24.6 Å². The van der Waals surface area contributed by atoms with Gasteiger partial charge in [0.1, 0.15) is 0 Å². The van der Waals surface area contributed by atoms with Crippen LogP contribution in [0, 0.1) is 0 Å². The molecular formula is C15H21N. The fourth-order valence-electron chi connectivity index (χ4n) is 1.11. The van der Waals surface area contributed by atoms with E-state index in [-0.39, 0.29) is 0 Å². The minimum atomic E-state index is 1.02. The fourth-order valence-corrected chi connectivity index (χ4v) is 1.11. The average molecular weight is 215 g/mol. The van der Waals surface area contributed by atoms with Crippen molar-refractivity contribution in [3.63, 3.8) is 0 Å². The van der Waals surface area contributed by atoms with Gasteiger partial charge in [0.25, 0.3) is 0 Å². The number of hydrogen-bond acceptors (Lipinski definition) is 1. The smallest absolute Gasteiger partial charge is 0.0371 e. The van der Waals surface area contributed by atoms with Gasteiger partial charge in [0.05, 0.1) is 0 Å². The number of nitrogens with zero attached hydrogens (tertiary/aromatic N) is 1. The molecule has 0 saturated heterocycles. The van der Waals surface area contributed by atoms with Gasteiger partial charge in [0.2, 0.25) is 0 Å². The molecule has 1 heteroatoms. The van der Waals surface area contributed by atoms with Crippen LogP contribution in [-0.2, 0) is 0 Å². The zero-order valence-corrected chi connectivity index (χ0v) is 10.7. The third kappa shape index (κ3) is 8.95. The Morgan fingerprint density at radius 3 is 2.31 bits per heavy atom. The topological polar surface area (TPSA) is 12.4 Å². The lowest BCUT2D eigenvalue weighted by Gasteiger charge is -1.92. The molecule has 0 fully saturated rings. The van der Waals surface area contributed by atoms with Gasteiger partial charge in [-0.2, -0.15) is 0 Å². The van der Waals surface area contributed by atoms with Crippen LogP contribution in [0.2, 0.25) is 0 Å². The molecule has 0 aliphatic rings. The highest BCUT2D eigenvalue weighted by molar-refractivity contribution is 5.55. The highest BCUT2D eigenvalue weighted by Crippen LogP contribution is 2.02. The first-order valence-electron chi connectivity index (χ1n) is 5.40. The third-order valence-corrected chi connectivity index (χ3v) is 1.73. The van der Waals surface area contributed by atoms with Gasteiger partial charge in [-0.25, -0.2) is 0 Å². The molecule has 1 nitrogen and oxygen atoms in total. The average Bonchev–Trinajstić information content (AvgIpc) is 2.16. The minimum absolute atomic E-state index is 1.02. The van der Waals surface area contributed by atoms with Gasteiger partial charge in [0, 0.05) is 11.9 Å². The van der Waals surface area contributed by atoms with Crippen molar-refractivity contribution in [2.45, 2.75) is 27.7 Å². The Morgan fingerprint density at radius 2 is 1.75 bits per heavy atom. The highest BCUT2D eigenvalue weighted by Gasteiger charge is 1.83. The summed E-state index contributed by atoms with van der Waals surface area (Å²) in [6, 6.07) is 0. The molecule has 0 heterocycles. The molecular weight excluding hydrogens is 194 g/mol. The van der Waals surface area contributed by atoms with E-state index >= 15 is 0 Å². The van der Waals surface area contributed by atoms with Crippen LogP contribution in [0.15, 0.2) is 64.9 Å². The largest absolute Gasteiger partial charge is 0.266 e. The lowest BCUT2D eigenvalue weighted by atomic mass is 10.2. The molecule has 0 aromatic rings. The van der Waals surface area contributed by atoms with Crippen molar-refractivity contribution in [3.05, 3.63) is 59.9 Å². The molecule has 0 unspecified atom stereocenters. The number of hydrogen-bond donors (Lipinski definition) is 0. The maximum Gasteiger partial charge on any atom is 0.0371 e. The lowest BCUT2D eigenvalue weighted by molar-refractivity contribution is 1.29. The summed E-state index contributed by atoms with van der Waals surface area (Å²) < 4.78 is 0. The van der Waals surface area contributed by atoms with Crippen molar-refractivity contribution in [1.82, 2.24) is 0 Å². The minimum Gasteiger partial charge on any atom is -0.266 e. The third-order valence-electron chi connectivity index (χ3n) is 1.73. The van der Waals surface area contributed by atoms with Crippen LogP contribution in [0.25, 0.3) is 0 Å². The summed E-state index contributed by atoms with van der Waals surface area (Å²) in [4.78, 5) is 4.18. The zero-order valence-electron chi connectivity index (χ0n) is 10.7. The molecule has 0 rings (SSSR count). The molecule has 0 amide bonds. The van der Waals surface area contributed by atoms with E-state index in [0.717, 1.165) is 11.3 Å². The summed E-state index contributed by atoms with van der Waals surface area (Å²) in [5.41, 5.74) is 3.25. The highest BCUT2D eigenvalue weighted by atomic mass is 14.7. The molecule has 16 heavy (non-hydrogen) atoms. The maximum atomic E-state index is 4.18. The Kier molecular flexibility index (Phi) is 7.78. The van der Waals surface area contributed by atoms with Gasteiger partial charge in [-0.1, -0.05) is 42.5 Å². The van der Waals surface area contributed by atoms with Gasteiger partial charge in [-0.05, 0) is 39.3 Å². The molecule has 0 radical (unpaired) electrons. The molecule has 0 N–H and O–H groups in total. The first-order valence-corrected chi connectivity index (χ1v) is 5.40. The van der Waals surface area contributed by atoms with Gasteiger partial charge < -0.3 is 0 Å². The summed E-state index contributed by atoms with van der Waals surface area (Å²) in [6.45, 7) is 11.7. The van der Waals surface area contributed by atoms with Gasteiger partial charge in [-0.3, -0.25) is 4.99 Å². The van der Waals surface area contributed by atoms with E-state index in [0.29, 0.717) is 0 Å². The fraction of sp³-hybridized carbons (Fsp3) is 0.267. The van der Waals surface area contributed by atoms with Crippen LogP contribution < -0.4 is 0 Å². The number of rotatable bonds is 5. The van der Waals surface area contributed by atoms with Crippen LogP contribution in [-0.4, -0.2) is 6.21 Å². The van der Waals surface area contributed by atoms with Crippen molar-refractivity contribution >= 4 is 6.21 Å². The molecule has 0 aliphatic heterocycles. The summed E-state index contributed by atoms with van der Waals surface area (Å²) in [5, 5.41) is 0. The predicted octanol–water partition coefficient (Wildman–Crippen LogP) is 4.62. The summed E-state index contributed by atoms with van der Waals surface area (Å²) in [7, 11) is 0. The first-order chi connectivity index (χ1) is 7.56. The summed E-state index contributed by atoms with van der Waals surface area (Å²) in [6.07, 6.45) is 13.8. The lowest BCUT2D eigenvalue weighted by Crippen LogP contribution is -1.73. The van der Waals surface area contributed by atoms with E-state index in [1.54, 1.807) is 6.21 Å². The van der Waals surface area contributed by atoms with Gasteiger partial charge in [0.15, 0.2) is 0 Å². The van der Waals surface area contributed by atoms with Crippen LogP contribution in [0.5, 0.6) is 0 Å². The zero-order chi connectivity index (χ0) is 12.4. The second-order valence-corrected chi connectivity index (χ2v) is 3.67. The summed E-state index contributed by atoms with van der Waals surface area (Å²) in [5.74, 6) is 0. The van der Waals surface area contributed by atoms with Gasteiger partial charge in [-0.15, -0.1) is 0 Å². The van der Waals surface area contributed by atoms with Crippen LogP contribution >= 0.6 is 0 Å². The van der Waals surface area contributed by atoms with Crippen molar-refractivity contribution < 1.29 is 0 Å². The van der Waals surface area contributed by atoms with Crippen molar-refractivity contribution in [1.29, 1.82) is 0 Å². The second-order valence-electron chi connectivity index (χ2n) is 3.67. The molecule has 86 valence electrons. The molecule has 0 aromatic heterocycles. The van der Waals surface area contributed by atoms with E-state index < -0.39 is 0 Å². The van der Waals surface area contributed by atoms with Crippen molar-refractivity contribution in [2.75, 3.05) is 0 Å². The van der Waals surface area contributed by atoms with Crippen LogP contribution in [0.4, 0.5) is 0 Å². The molecule has 0 bridgehead atoms. The Hall–Kier alpha value is -1.63. The Bertz CT molecular complexity index is 363. The van der Waals surface area contributed by atoms with E-state index in [1.807, 2.05) is 51.2 Å². The second kappa shape index (κ2) is 8.66. The van der Waals surface area contributed by atoms with Crippen LogP contribution in [0.1, 0.15) is 27.7 Å². The standard InChI is InChI=1S/C15H21N/c1-6-16-15(5)12-14(4)11-9-7-8-10-13(2)3/h6-12H,2H2,1,3-5H3/b9-7+,10-8-,14-11-,15-12-,16-6?. The van der Waals surface area contributed by atoms with Crippen LogP contribution in [0.3, 0.4) is 0 Å². The van der Waals surface area contributed by atoms with E-state index in [4.69, 9.17) is 0 Å².